The van der Waals surface area contributed by atoms with E-state index in [-0.39, 0.29) is 18.0 Å². The predicted molar refractivity (Wildman–Crippen MR) is 82.3 cm³/mol. The van der Waals surface area contributed by atoms with Gasteiger partial charge in [-0.3, -0.25) is 5.10 Å². The number of H-pyrrole nitrogens is 1. The van der Waals surface area contributed by atoms with Gasteiger partial charge in [-0.25, -0.2) is 9.78 Å². The molecule has 0 aromatic carbocycles. The maximum absolute atomic E-state index is 12.4. The molecule has 7 heteroatoms. The Labute approximate surface area is 129 Å². The van der Waals surface area contributed by atoms with Crippen LogP contribution in [-0.4, -0.2) is 37.2 Å². The highest BCUT2D eigenvalue weighted by Gasteiger charge is 2.27. The average molecular weight is 302 g/mol. The second-order valence-corrected chi connectivity index (χ2v) is 5.95. The Balaban J connectivity index is 1.60. The molecule has 0 radical (unpaired) electrons. The Morgan fingerprint density at radius 3 is 3.05 bits per heavy atom. The Hall–Kier alpha value is -2.31. The van der Waals surface area contributed by atoms with Crippen molar-refractivity contribution >= 4 is 6.03 Å². The summed E-state index contributed by atoms with van der Waals surface area (Å²) in [5.74, 6) is 1.73. The smallest absolute Gasteiger partial charge is 0.318 e. The fourth-order valence-electron chi connectivity index (χ4n) is 2.76. The van der Waals surface area contributed by atoms with Gasteiger partial charge in [0.25, 0.3) is 0 Å². The van der Waals surface area contributed by atoms with Crippen molar-refractivity contribution in [3.8, 4) is 0 Å². The van der Waals surface area contributed by atoms with E-state index in [4.69, 9.17) is 0 Å². The highest BCUT2D eigenvalue weighted by atomic mass is 16.2. The summed E-state index contributed by atoms with van der Waals surface area (Å²) in [4.78, 5) is 18.6. The Morgan fingerprint density at radius 1 is 1.50 bits per heavy atom. The number of hydrogen-bond acceptors (Lipinski definition) is 3. The highest BCUT2D eigenvalue weighted by Crippen LogP contribution is 2.25. The van der Waals surface area contributed by atoms with E-state index in [1.54, 1.807) is 0 Å². The number of carbonyl (C=O) groups is 1. The number of fused-ring (bicyclic) bond motifs is 1. The van der Waals surface area contributed by atoms with Crippen LogP contribution in [0.15, 0.2) is 18.3 Å². The van der Waals surface area contributed by atoms with E-state index < -0.39 is 0 Å². The zero-order valence-electron chi connectivity index (χ0n) is 13.2. The number of aromatic nitrogens is 4. The highest BCUT2D eigenvalue weighted by molar-refractivity contribution is 5.74. The molecule has 0 fully saturated rings. The lowest BCUT2D eigenvalue weighted by molar-refractivity contribution is 0.161. The number of rotatable bonds is 3. The summed E-state index contributed by atoms with van der Waals surface area (Å²) in [6, 6.07) is 4.09. The lowest BCUT2D eigenvalue weighted by atomic mass is 10.1. The third kappa shape index (κ3) is 2.70. The minimum Gasteiger partial charge on any atom is -0.348 e. The van der Waals surface area contributed by atoms with Gasteiger partial charge in [0.05, 0.1) is 12.6 Å². The van der Waals surface area contributed by atoms with Crippen molar-refractivity contribution in [2.45, 2.75) is 45.8 Å². The molecule has 1 aliphatic heterocycles. The number of nitrogens with zero attached hydrogens (tertiary/aromatic N) is 4. The number of nitrogens with one attached hydrogen (secondary N) is 2. The lowest BCUT2D eigenvalue weighted by Gasteiger charge is -2.34. The molecule has 2 N–H and O–H groups in total. The lowest BCUT2D eigenvalue weighted by Crippen LogP contribution is -2.45. The molecule has 0 aliphatic carbocycles. The van der Waals surface area contributed by atoms with Crippen LogP contribution in [-0.2, 0) is 13.1 Å². The third-order valence-electron chi connectivity index (χ3n) is 4.08. The van der Waals surface area contributed by atoms with Crippen molar-refractivity contribution in [1.29, 1.82) is 0 Å². The van der Waals surface area contributed by atoms with Crippen LogP contribution in [0.3, 0.4) is 0 Å². The Kier molecular flexibility index (Phi) is 3.87. The summed E-state index contributed by atoms with van der Waals surface area (Å²) in [5, 5.41) is 9.93. The SMILES string of the molecule is CC(C)c1n[nH]c(CNC(=O)N2CCn3cccc3C2C)n1. The molecule has 2 aromatic rings. The summed E-state index contributed by atoms with van der Waals surface area (Å²) >= 11 is 0. The Morgan fingerprint density at radius 2 is 2.32 bits per heavy atom. The summed E-state index contributed by atoms with van der Waals surface area (Å²) in [6.07, 6.45) is 2.06. The van der Waals surface area contributed by atoms with Gasteiger partial charge in [-0.05, 0) is 19.1 Å². The van der Waals surface area contributed by atoms with Crippen molar-refractivity contribution in [1.82, 2.24) is 30.0 Å². The van der Waals surface area contributed by atoms with Crippen LogP contribution in [0, 0.1) is 0 Å². The van der Waals surface area contributed by atoms with E-state index >= 15 is 0 Å². The zero-order valence-corrected chi connectivity index (χ0v) is 13.2. The second kappa shape index (κ2) is 5.82. The first-order chi connectivity index (χ1) is 10.6. The summed E-state index contributed by atoms with van der Waals surface area (Å²) < 4.78 is 2.19. The molecule has 0 spiro atoms. The first kappa shape index (κ1) is 14.6. The maximum Gasteiger partial charge on any atom is 0.318 e. The molecular weight excluding hydrogens is 280 g/mol. The zero-order chi connectivity index (χ0) is 15.7. The number of carbonyl (C=O) groups excluding carboxylic acids is 1. The first-order valence-corrected chi connectivity index (χ1v) is 7.67. The molecule has 1 unspecified atom stereocenters. The van der Waals surface area contributed by atoms with E-state index in [1.807, 2.05) is 24.8 Å². The topological polar surface area (TPSA) is 78.8 Å². The van der Waals surface area contributed by atoms with Crippen LogP contribution in [0.1, 0.15) is 50.1 Å². The van der Waals surface area contributed by atoms with Gasteiger partial charge in [-0.15, -0.1) is 0 Å². The van der Waals surface area contributed by atoms with Crippen LogP contribution in [0.25, 0.3) is 0 Å². The van der Waals surface area contributed by atoms with Crippen LogP contribution < -0.4 is 5.32 Å². The monoisotopic (exact) mass is 302 g/mol. The molecule has 3 heterocycles. The van der Waals surface area contributed by atoms with Crippen molar-refractivity contribution in [3.63, 3.8) is 0 Å². The van der Waals surface area contributed by atoms with Gasteiger partial charge in [0.2, 0.25) is 0 Å². The molecule has 3 rings (SSSR count). The number of hydrogen-bond donors (Lipinski definition) is 2. The first-order valence-electron chi connectivity index (χ1n) is 7.67. The molecule has 0 saturated heterocycles. The van der Waals surface area contributed by atoms with E-state index in [2.05, 4.69) is 44.3 Å². The van der Waals surface area contributed by atoms with Crippen LogP contribution in [0.5, 0.6) is 0 Å². The van der Waals surface area contributed by atoms with E-state index in [9.17, 15) is 4.79 Å². The maximum atomic E-state index is 12.4. The average Bonchev–Trinajstić information content (AvgIpc) is 3.14. The molecule has 0 bridgehead atoms. The molecule has 118 valence electrons. The predicted octanol–water partition coefficient (Wildman–Crippen LogP) is 2.02. The fraction of sp³-hybridized carbons (Fsp3) is 0.533. The van der Waals surface area contributed by atoms with E-state index in [0.717, 1.165) is 12.4 Å². The van der Waals surface area contributed by atoms with Crippen molar-refractivity contribution < 1.29 is 4.79 Å². The van der Waals surface area contributed by atoms with Crippen LogP contribution >= 0.6 is 0 Å². The minimum atomic E-state index is -0.0672. The molecule has 1 atom stereocenters. The van der Waals surface area contributed by atoms with Gasteiger partial charge in [0.15, 0.2) is 5.82 Å². The van der Waals surface area contributed by atoms with Crippen molar-refractivity contribution in [3.05, 3.63) is 35.7 Å². The van der Waals surface area contributed by atoms with Gasteiger partial charge >= 0.3 is 6.03 Å². The third-order valence-corrected chi connectivity index (χ3v) is 4.08. The van der Waals surface area contributed by atoms with Crippen LogP contribution in [0.4, 0.5) is 4.79 Å². The summed E-state index contributed by atoms with van der Waals surface area (Å²) in [6.45, 7) is 8.03. The molecule has 1 aliphatic rings. The molecule has 22 heavy (non-hydrogen) atoms. The number of aromatic amines is 1. The van der Waals surface area contributed by atoms with Gasteiger partial charge in [-0.1, -0.05) is 13.8 Å². The van der Waals surface area contributed by atoms with E-state index in [0.29, 0.717) is 18.9 Å². The quantitative estimate of drug-likeness (QED) is 0.910. The van der Waals surface area contributed by atoms with Gasteiger partial charge in [0, 0.05) is 30.9 Å². The van der Waals surface area contributed by atoms with Gasteiger partial charge in [-0.2, -0.15) is 5.10 Å². The summed E-state index contributed by atoms with van der Waals surface area (Å²) in [5.41, 5.74) is 1.17. The fourth-order valence-corrected chi connectivity index (χ4v) is 2.76. The molecule has 0 saturated carbocycles. The largest absolute Gasteiger partial charge is 0.348 e. The van der Waals surface area contributed by atoms with Crippen LogP contribution in [0.2, 0.25) is 0 Å². The van der Waals surface area contributed by atoms with Crippen molar-refractivity contribution in [2.24, 2.45) is 0 Å². The summed E-state index contributed by atoms with van der Waals surface area (Å²) in [7, 11) is 0. The minimum absolute atomic E-state index is 0.0672. The molecule has 2 amide bonds. The number of urea groups is 1. The molecular formula is C15H22N6O. The standard InChI is InChI=1S/C15H22N6O/c1-10(2)14-17-13(18-19-14)9-16-15(22)21-8-7-20-6-4-5-12(20)11(21)3/h4-6,10-11H,7-9H2,1-3H3,(H,16,22)(H,17,18,19). The van der Waals surface area contributed by atoms with Gasteiger partial charge in [0.1, 0.15) is 5.82 Å². The molecule has 7 nitrogen and oxygen atoms in total. The second-order valence-electron chi connectivity index (χ2n) is 5.95. The normalized spacial score (nSPS) is 17.6. The Bertz CT molecular complexity index is 659. The molecule has 2 aromatic heterocycles. The van der Waals surface area contributed by atoms with Gasteiger partial charge < -0.3 is 14.8 Å². The number of amides is 2. The van der Waals surface area contributed by atoms with Crippen molar-refractivity contribution in [2.75, 3.05) is 6.54 Å². The van der Waals surface area contributed by atoms with E-state index in [1.165, 1.54) is 5.69 Å².